The first kappa shape index (κ1) is 26.5. The molecule has 3 amide bonds. The normalized spacial score (nSPS) is 20.5. The summed E-state index contributed by atoms with van der Waals surface area (Å²) in [6.45, 7) is 0.401. The highest BCUT2D eigenvalue weighted by molar-refractivity contribution is 5.87. The molecule has 0 bridgehead atoms. The molecule has 0 radical (unpaired) electrons. The zero-order chi connectivity index (χ0) is 26.4. The number of aliphatic hydroxyl groups excluding tert-OH is 1. The Bertz CT molecular complexity index is 1090. The third kappa shape index (κ3) is 6.07. The van der Waals surface area contributed by atoms with E-state index in [-0.39, 0.29) is 26.1 Å². The first-order valence-corrected chi connectivity index (χ1v) is 12.4. The average molecular weight is 516 g/mol. The van der Waals surface area contributed by atoms with E-state index >= 15 is 0 Å². The second kappa shape index (κ2) is 11.7. The van der Waals surface area contributed by atoms with Crippen LogP contribution in [0.4, 0.5) is 13.6 Å². The number of benzene rings is 2. The lowest BCUT2D eigenvalue weighted by Gasteiger charge is -2.35. The van der Waals surface area contributed by atoms with Crippen LogP contribution in [0.5, 0.6) is 0 Å². The lowest BCUT2D eigenvalue weighted by atomic mass is 10.0. The molecular formula is C27H31F2N3O5. The SMILES string of the molecule is O=C([C@H]1CCCN1C(=O)OCc1ccccc1)N1CCCC1C(O)C(F)(F)C(=O)NCc1ccccc1. The number of carbonyl (C=O) groups excluding carboxylic acids is 3. The van der Waals surface area contributed by atoms with Gasteiger partial charge in [-0.1, -0.05) is 60.7 Å². The van der Waals surface area contributed by atoms with E-state index in [0.29, 0.717) is 31.4 Å². The van der Waals surface area contributed by atoms with Crippen LogP contribution >= 0.6 is 0 Å². The van der Waals surface area contributed by atoms with E-state index in [4.69, 9.17) is 4.74 Å². The maximum absolute atomic E-state index is 15.0. The van der Waals surface area contributed by atoms with Crippen LogP contribution in [-0.4, -0.2) is 70.0 Å². The van der Waals surface area contributed by atoms with Gasteiger partial charge in [0.2, 0.25) is 5.91 Å². The van der Waals surface area contributed by atoms with Crippen molar-refractivity contribution in [1.82, 2.24) is 15.1 Å². The Balaban J connectivity index is 1.38. The topological polar surface area (TPSA) is 99.2 Å². The third-order valence-corrected chi connectivity index (χ3v) is 6.89. The Morgan fingerprint density at radius 3 is 2.22 bits per heavy atom. The molecule has 2 aromatic rings. The van der Waals surface area contributed by atoms with Crippen molar-refractivity contribution in [1.29, 1.82) is 0 Å². The van der Waals surface area contributed by atoms with Crippen LogP contribution in [0.3, 0.4) is 0 Å². The molecular weight excluding hydrogens is 484 g/mol. The maximum Gasteiger partial charge on any atom is 0.410 e. The van der Waals surface area contributed by atoms with Gasteiger partial charge < -0.3 is 20.1 Å². The maximum atomic E-state index is 15.0. The summed E-state index contributed by atoms with van der Waals surface area (Å²) in [5.74, 6) is -6.22. The van der Waals surface area contributed by atoms with E-state index in [0.717, 1.165) is 5.56 Å². The van der Waals surface area contributed by atoms with Crippen LogP contribution in [0.25, 0.3) is 0 Å². The predicted molar refractivity (Wildman–Crippen MR) is 130 cm³/mol. The predicted octanol–water partition coefficient (Wildman–Crippen LogP) is 3.09. The van der Waals surface area contributed by atoms with E-state index < -0.39 is 42.0 Å². The van der Waals surface area contributed by atoms with Gasteiger partial charge in [0, 0.05) is 19.6 Å². The molecule has 8 nitrogen and oxygen atoms in total. The van der Waals surface area contributed by atoms with Crippen molar-refractivity contribution in [3.63, 3.8) is 0 Å². The van der Waals surface area contributed by atoms with Gasteiger partial charge in [0.25, 0.3) is 5.91 Å². The highest BCUT2D eigenvalue weighted by Gasteiger charge is 2.54. The van der Waals surface area contributed by atoms with E-state index in [1.165, 1.54) is 9.80 Å². The quantitative estimate of drug-likeness (QED) is 0.563. The first-order chi connectivity index (χ1) is 17.8. The number of alkyl halides is 2. The molecule has 0 saturated carbocycles. The molecule has 2 aliphatic rings. The van der Waals surface area contributed by atoms with Crippen molar-refractivity contribution in [2.24, 2.45) is 0 Å². The molecule has 2 unspecified atom stereocenters. The Morgan fingerprint density at radius 1 is 0.946 bits per heavy atom. The second-order valence-electron chi connectivity index (χ2n) is 9.37. The number of amides is 3. The Labute approximate surface area is 214 Å². The van der Waals surface area contributed by atoms with Gasteiger partial charge in [-0.2, -0.15) is 8.78 Å². The number of ether oxygens (including phenoxy) is 1. The second-order valence-corrected chi connectivity index (χ2v) is 9.37. The number of nitrogens with one attached hydrogen (secondary N) is 1. The molecule has 0 aliphatic carbocycles. The van der Waals surface area contributed by atoms with Crippen molar-refractivity contribution in [3.05, 3.63) is 71.8 Å². The smallest absolute Gasteiger partial charge is 0.410 e. The fourth-order valence-electron chi connectivity index (χ4n) is 4.90. The largest absolute Gasteiger partial charge is 0.445 e. The summed E-state index contributed by atoms with van der Waals surface area (Å²) in [6.07, 6.45) is -1.57. The average Bonchev–Trinajstić information content (AvgIpc) is 3.61. The van der Waals surface area contributed by atoms with Crippen molar-refractivity contribution < 1.29 is 33.0 Å². The minimum absolute atomic E-state index is 0.0481. The molecule has 0 spiro atoms. The summed E-state index contributed by atoms with van der Waals surface area (Å²) in [4.78, 5) is 40.9. The molecule has 0 aromatic heterocycles. The van der Waals surface area contributed by atoms with Crippen LogP contribution in [-0.2, 0) is 27.5 Å². The van der Waals surface area contributed by atoms with Crippen molar-refractivity contribution in [2.75, 3.05) is 13.1 Å². The zero-order valence-electron chi connectivity index (χ0n) is 20.4. The highest BCUT2D eigenvalue weighted by Crippen LogP contribution is 2.32. The van der Waals surface area contributed by atoms with Gasteiger partial charge in [-0.15, -0.1) is 0 Å². The van der Waals surface area contributed by atoms with E-state index in [1.807, 2.05) is 30.3 Å². The third-order valence-electron chi connectivity index (χ3n) is 6.89. The number of likely N-dealkylation sites (tertiary alicyclic amines) is 2. The summed E-state index contributed by atoms with van der Waals surface area (Å²) in [5, 5.41) is 12.8. The molecule has 198 valence electrons. The molecule has 2 aliphatic heterocycles. The molecule has 2 N–H and O–H groups in total. The zero-order valence-corrected chi connectivity index (χ0v) is 20.4. The number of aliphatic hydroxyl groups is 1. The molecule has 3 atom stereocenters. The fraction of sp³-hybridized carbons (Fsp3) is 0.444. The molecule has 2 aromatic carbocycles. The fourth-order valence-corrected chi connectivity index (χ4v) is 4.90. The van der Waals surface area contributed by atoms with Crippen LogP contribution in [0, 0.1) is 0 Å². The van der Waals surface area contributed by atoms with Gasteiger partial charge in [-0.05, 0) is 36.8 Å². The lowest BCUT2D eigenvalue weighted by Crippen LogP contribution is -2.58. The van der Waals surface area contributed by atoms with Gasteiger partial charge in [0.1, 0.15) is 18.8 Å². The van der Waals surface area contributed by atoms with Gasteiger partial charge in [-0.25, -0.2) is 4.79 Å². The Kier molecular flexibility index (Phi) is 8.38. The number of halogens is 2. The van der Waals surface area contributed by atoms with Crippen molar-refractivity contribution >= 4 is 17.9 Å². The molecule has 37 heavy (non-hydrogen) atoms. The van der Waals surface area contributed by atoms with Crippen LogP contribution in [0.15, 0.2) is 60.7 Å². The highest BCUT2D eigenvalue weighted by atomic mass is 19.3. The van der Waals surface area contributed by atoms with Gasteiger partial charge in [0.05, 0.1) is 6.04 Å². The minimum atomic E-state index is -4.10. The molecule has 4 rings (SSSR count). The Morgan fingerprint density at radius 2 is 1.54 bits per heavy atom. The monoisotopic (exact) mass is 515 g/mol. The van der Waals surface area contributed by atoms with E-state index in [1.54, 1.807) is 30.3 Å². The van der Waals surface area contributed by atoms with Crippen LogP contribution in [0.2, 0.25) is 0 Å². The molecule has 10 heteroatoms. The Hall–Kier alpha value is -3.53. The summed E-state index contributed by atoms with van der Waals surface area (Å²) in [5.41, 5.74) is 1.44. The molecule has 2 fully saturated rings. The number of hydrogen-bond donors (Lipinski definition) is 2. The van der Waals surface area contributed by atoms with E-state index in [2.05, 4.69) is 5.32 Å². The number of rotatable bonds is 8. The van der Waals surface area contributed by atoms with Gasteiger partial charge in [-0.3, -0.25) is 14.5 Å². The van der Waals surface area contributed by atoms with Gasteiger partial charge >= 0.3 is 12.0 Å². The minimum Gasteiger partial charge on any atom is -0.445 e. The first-order valence-electron chi connectivity index (χ1n) is 12.4. The summed E-state index contributed by atoms with van der Waals surface area (Å²) in [7, 11) is 0. The van der Waals surface area contributed by atoms with Crippen LogP contribution in [0.1, 0.15) is 36.8 Å². The number of nitrogens with zero attached hydrogens (tertiary/aromatic N) is 2. The lowest BCUT2D eigenvalue weighted by molar-refractivity contribution is -0.173. The van der Waals surface area contributed by atoms with E-state index in [9.17, 15) is 28.3 Å². The van der Waals surface area contributed by atoms with Crippen LogP contribution < -0.4 is 5.32 Å². The summed E-state index contributed by atoms with van der Waals surface area (Å²) in [6, 6.07) is 15.6. The summed E-state index contributed by atoms with van der Waals surface area (Å²) >= 11 is 0. The number of carbonyl (C=O) groups is 3. The van der Waals surface area contributed by atoms with Crippen molar-refractivity contribution in [2.45, 2.75) is 62.9 Å². The molecule has 2 saturated heterocycles. The summed E-state index contributed by atoms with van der Waals surface area (Å²) < 4.78 is 35.3. The van der Waals surface area contributed by atoms with Gasteiger partial charge in [0.15, 0.2) is 0 Å². The van der Waals surface area contributed by atoms with Crippen molar-refractivity contribution in [3.8, 4) is 0 Å². The number of hydrogen-bond acceptors (Lipinski definition) is 5. The standard InChI is InChI=1S/C27H31F2N3O5/c28-27(29,25(35)30-17-19-9-3-1-4-10-19)23(33)21-13-7-15-31(21)24(34)22-14-8-16-32(22)26(36)37-18-20-11-5-2-6-12-20/h1-6,9-12,21-23,33H,7-8,13-18H2,(H,30,35)/t21?,22-,23?/m1/s1. The molecule has 2 heterocycles.